The molecule has 3 heterocycles. The van der Waals surface area contributed by atoms with Crippen LogP contribution in [0, 0.1) is 19.7 Å². The van der Waals surface area contributed by atoms with Gasteiger partial charge in [-0.25, -0.2) is 14.4 Å². The van der Waals surface area contributed by atoms with Crippen LogP contribution in [0.2, 0.25) is 0 Å². The van der Waals surface area contributed by atoms with E-state index in [2.05, 4.69) is 15.4 Å². The Kier molecular flexibility index (Phi) is 4.57. The first-order chi connectivity index (χ1) is 14.9. The van der Waals surface area contributed by atoms with E-state index in [4.69, 9.17) is 4.98 Å². The lowest BCUT2D eigenvalue weighted by atomic mass is 10.1. The number of nitrogens with zero attached hydrogens (tertiary/aromatic N) is 5. The normalized spacial score (nSPS) is 13.7. The Hall–Kier alpha value is -3.55. The zero-order valence-corrected chi connectivity index (χ0v) is 17.7. The van der Waals surface area contributed by atoms with Gasteiger partial charge in [-0.15, -0.1) is 0 Å². The van der Waals surface area contributed by atoms with E-state index >= 15 is 0 Å². The summed E-state index contributed by atoms with van der Waals surface area (Å²) >= 11 is 0. The van der Waals surface area contributed by atoms with Gasteiger partial charge in [-0.2, -0.15) is 5.10 Å². The Balaban J connectivity index is 1.40. The predicted octanol–water partition coefficient (Wildman–Crippen LogP) is 3.72. The highest BCUT2D eigenvalue weighted by molar-refractivity contribution is 6.06. The average Bonchev–Trinajstić information content (AvgIpc) is 3.46. The van der Waals surface area contributed by atoms with Crippen LogP contribution in [0.3, 0.4) is 0 Å². The minimum absolute atomic E-state index is 0.208. The van der Waals surface area contributed by atoms with Gasteiger partial charge < -0.3 is 9.88 Å². The number of nitrogens with one attached hydrogen (secondary N) is 1. The van der Waals surface area contributed by atoms with Crippen LogP contribution in [0.15, 0.2) is 36.7 Å². The first kappa shape index (κ1) is 19.4. The van der Waals surface area contributed by atoms with Crippen LogP contribution in [0.4, 0.5) is 4.39 Å². The SMILES string of the molecule is Cc1nn(C)c2nc(C3CC3)cc(C(=O)NCc3ccc(-n4ccnc4C)c(F)c3)c12. The Labute approximate surface area is 178 Å². The van der Waals surface area contributed by atoms with Gasteiger partial charge in [0.05, 0.1) is 22.3 Å². The molecule has 1 N–H and O–H groups in total. The fraction of sp³-hybridized carbons (Fsp3) is 0.304. The molecule has 0 saturated heterocycles. The third-order valence-corrected chi connectivity index (χ3v) is 5.78. The highest BCUT2D eigenvalue weighted by Gasteiger charge is 2.28. The second-order valence-corrected chi connectivity index (χ2v) is 8.09. The van der Waals surface area contributed by atoms with Gasteiger partial charge in [0, 0.05) is 37.6 Å². The van der Waals surface area contributed by atoms with Crippen molar-refractivity contribution in [1.82, 2.24) is 29.6 Å². The van der Waals surface area contributed by atoms with Gasteiger partial charge in [0.25, 0.3) is 5.91 Å². The van der Waals surface area contributed by atoms with E-state index in [9.17, 15) is 9.18 Å². The van der Waals surface area contributed by atoms with Crippen LogP contribution in [-0.2, 0) is 13.6 Å². The average molecular weight is 418 g/mol. The maximum absolute atomic E-state index is 14.7. The molecule has 0 spiro atoms. The monoisotopic (exact) mass is 418 g/mol. The number of hydrogen-bond donors (Lipinski definition) is 1. The summed E-state index contributed by atoms with van der Waals surface area (Å²) in [6.45, 7) is 3.92. The van der Waals surface area contributed by atoms with E-state index < -0.39 is 0 Å². The van der Waals surface area contributed by atoms with E-state index in [1.54, 1.807) is 27.7 Å². The van der Waals surface area contributed by atoms with Crippen molar-refractivity contribution in [3.05, 3.63) is 70.8 Å². The first-order valence-corrected chi connectivity index (χ1v) is 10.3. The van der Waals surface area contributed by atoms with Crippen LogP contribution in [0.1, 0.15) is 51.9 Å². The predicted molar refractivity (Wildman–Crippen MR) is 115 cm³/mol. The maximum Gasteiger partial charge on any atom is 0.252 e. The minimum Gasteiger partial charge on any atom is -0.348 e. The van der Waals surface area contributed by atoms with E-state index in [0.717, 1.165) is 35.3 Å². The highest BCUT2D eigenvalue weighted by atomic mass is 19.1. The number of amides is 1. The van der Waals surface area contributed by atoms with Gasteiger partial charge in [0.2, 0.25) is 0 Å². The third kappa shape index (κ3) is 3.48. The molecule has 1 aliphatic carbocycles. The minimum atomic E-state index is -0.363. The van der Waals surface area contributed by atoms with Crippen molar-refractivity contribution in [2.45, 2.75) is 39.2 Å². The number of rotatable bonds is 5. The number of aryl methyl sites for hydroxylation is 3. The number of imidazole rings is 1. The van der Waals surface area contributed by atoms with E-state index in [1.165, 1.54) is 6.07 Å². The number of fused-ring (bicyclic) bond motifs is 1. The molecule has 0 aliphatic heterocycles. The van der Waals surface area contributed by atoms with Crippen molar-refractivity contribution in [3.63, 3.8) is 0 Å². The second-order valence-electron chi connectivity index (χ2n) is 8.09. The molecule has 1 aliphatic rings. The Bertz CT molecular complexity index is 1320. The van der Waals surface area contributed by atoms with Gasteiger partial charge in [-0.3, -0.25) is 9.48 Å². The molecule has 1 saturated carbocycles. The summed E-state index contributed by atoms with van der Waals surface area (Å²) in [5, 5.41) is 8.14. The van der Waals surface area contributed by atoms with Gasteiger partial charge >= 0.3 is 0 Å². The molecule has 1 fully saturated rings. The summed E-state index contributed by atoms with van der Waals surface area (Å²) in [5.74, 6) is 0.554. The van der Waals surface area contributed by atoms with Crippen LogP contribution in [-0.4, -0.2) is 30.2 Å². The number of pyridine rings is 1. The lowest BCUT2D eigenvalue weighted by Crippen LogP contribution is -2.23. The van der Waals surface area contributed by atoms with Gasteiger partial charge in [-0.1, -0.05) is 6.07 Å². The number of halogens is 1. The molecule has 0 bridgehead atoms. The number of benzene rings is 1. The molecule has 158 valence electrons. The van der Waals surface area contributed by atoms with Crippen LogP contribution >= 0.6 is 0 Å². The molecule has 7 nitrogen and oxygen atoms in total. The van der Waals surface area contributed by atoms with Crippen molar-refractivity contribution in [1.29, 1.82) is 0 Å². The van der Waals surface area contributed by atoms with Gasteiger partial charge in [0.15, 0.2) is 5.65 Å². The van der Waals surface area contributed by atoms with Crippen LogP contribution in [0.5, 0.6) is 0 Å². The molecular weight excluding hydrogens is 395 g/mol. The summed E-state index contributed by atoms with van der Waals surface area (Å²) in [6.07, 6.45) is 5.54. The molecule has 31 heavy (non-hydrogen) atoms. The lowest BCUT2D eigenvalue weighted by molar-refractivity contribution is 0.0952. The number of carbonyl (C=O) groups is 1. The van der Waals surface area contributed by atoms with Gasteiger partial charge in [0.1, 0.15) is 11.6 Å². The van der Waals surface area contributed by atoms with Gasteiger partial charge in [-0.05, 0) is 50.5 Å². The van der Waals surface area contributed by atoms with E-state index in [0.29, 0.717) is 28.6 Å². The third-order valence-electron chi connectivity index (χ3n) is 5.78. The largest absolute Gasteiger partial charge is 0.348 e. The quantitative estimate of drug-likeness (QED) is 0.536. The van der Waals surface area contributed by atoms with Crippen molar-refractivity contribution in [2.75, 3.05) is 0 Å². The number of carbonyl (C=O) groups excluding carboxylic acids is 1. The molecular formula is C23H23FN6O. The van der Waals surface area contributed by atoms with Crippen molar-refractivity contribution >= 4 is 16.9 Å². The smallest absolute Gasteiger partial charge is 0.252 e. The van der Waals surface area contributed by atoms with Crippen molar-refractivity contribution < 1.29 is 9.18 Å². The second kappa shape index (κ2) is 7.30. The van der Waals surface area contributed by atoms with Crippen molar-refractivity contribution in [3.8, 4) is 5.69 Å². The van der Waals surface area contributed by atoms with Crippen LogP contribution < -0.4 is 5.32 Å². The zero-order chi connectivity index (χ0) is 21.7. The molecule has 3 aromatic heterocycles. The molecule has 1 amide bonds. The molecule has 1 aromatic carbocycles. The molecule has 0 radical (unpaired) electrons. The molecule has 0 atom stereocenters. The van der Waals surface area contributed by atoms with E-state index in [1.807, 2.05) is 33.0 Å². The Morgan fingerprint density at radius 3 is 2.74 bits per heavy atom. The lowest BCUT2D eigenvalue weighted by Gasteiger charge is -2.11. The fourth-order valence-electron chi connectivity index (χ4n) is 4.00. The Morgan fingerprint density at radius 2 is 2.06 bits per heavy atom. The topological polar surface area (TPSA) is 77.6 Å². The standard InChI is InChI=1S/C23H23FN6O/c1-13-21-17(11-19(16-5-6-16)27-22(21)29(3)28-13)23(31)26-12-15-4-7-20(18(24)10-15)30-9-8-25-14(30)2/h4,7-11,16H,5-6,12H2,1-3H3,(H,26,31). The number of aromatic nitrogens is 5. The molecule has 0 unspecified atom stereocenters. The Morgan fingerprint density at radius 1 is 1.26 bits per heavy atom. The molecule has 5 rings (SSSR count). The fourth-order valence-corrected chi connectivity index (χ4v) is 4.00. The van der Waals surface area contributed by atoms with Crippen LogP contribution in [0.25, 0.3) is 16.7 Å². The van der Waals surface area contributed by atoms with Crippen molar-refractivity contribution in [2.24, 2.45) is 7.05 Å². The first-order valence-electron chi connectivity index (χ1n) is 10.3. The zero-order valence-electron chi connectivity index (χ0n) is 17.7. The maximum atomic E-state index is 14.7. The summed E-state index contributed by atoms with van der Waals surface area (Å²) < 4.78 is 18.1. The number of hydrogen-bond acceptors (Lipinski definition) is 4. The summed E-state index contributed by atoms with van der Waals surface area (Å²) in [7, 11) is 1.84. The summed E-state index contributed by atoms with van der Waals surface area (Å²) in [4.78, 5) is 22.0. The molecule has 8 heteroatoms. The summed E-state index contributed by atoms with van der Waals surface area (Å²) in [5.41, 5.74) is 4.11. The highest BCUT2D eigenvalue weighted by Crippen LogP contribution is 2.40. The summed E-state index contributed by atoms with van der Waals surface area (Å²) in [6, 6.07) is 6.84. The van der Waals surface area contributed by atoms with E-state index in [-0.39, 0.29) is 18.3 Å². The molecule has 4 aromatic rings.